The van der Waals surface area contributed by atoms with Gasteiger partial charge in [-0.2, -0.15) is 0 Å². The third-order valence-electron chi connectivity index (χ3n) is 5.19. The van der Waals surface area contributed by atoms with Gasteiger partial charge in [-0.3, -0.25) is 9.59 Å². The van der Waals surface area contributed by atoms with Crippen LogP contribution >= 0.6 is 0 Å². The van der Waals surface area contributed by atoms with E-state index in [9.17, 15) is 9.59 Å². The molecule has 136 valence electrons. The summed E-state index contributed by atoms with van der Waals surface area (Å²) in [6.45, 7) is 7.41. The Balaban J connectivity index is 1.54. The molecule has 3 rings (SSSR count). The lowest BCUT2D eigenvalue weighted by molar-refractivity contribution is 0.0698. The second kappa shape index (κ2) is 7.73. The molecule has 26 heavy (non-hydrogen) atoms. The van der Waals surface area contributed by atoms with E-state index in [0.29, 0.717) is 18.7 Å². The number of piperidine rings is 1. The monoisotopic (exact) mass is 350 g/mol. The van der Waals surface area contributed by atoms with E-state index in [-0.39, 0.29) is 17.9 Å². The first-order chi connectivity index (χ1) is 12.4. The molecular weight excluding hydrogens is 324 g/mol. The molecular formula is C22H26N2O2. The SMILES string of the molecule is Cc1ccc(C(=O)N2CCC(NC(=O)c3ccc(C)c(C)c3)CC2)cc1. The summed E-state index contributed by atoms with van der Waals surface area (Å²) in [5.41, 5.74) is 4.88. The molecule has 0 aromatic heterocycles. The number of amides is 2. The van der Waals surface area contributed by atoms with E-state index in [4.69, 9.17) is 0 Å². The quantitative estimate of drug-likeness (QED) is 0.919. The van der Waals surface area contributed by atoms with Gasteiger partial charge in [-0.15, -0.1) is 0 Å². The van der Waals surface area contributed by atoms with E-state index in [2.05, 4.69) is 5.32 Å². The van der Waals surface area contributed by atoms with Crippen LogP contribution in [0.25, 0.3) is 0 Å². The van der Waals surface area contributed by atoms with Crippen LogP contribution in [0.5, 0.6) is 0 Å². The lowest BCUT2D eigenvalue weighted by Crippen LogP contribution is -2.46. The molecule has 0 spiro atoms. The van der Waals surface area contributed by atoms with E-state index in [1.165, 1.54) is 5.56 Å². The lowest BCUT2D eigenvalue weighted by atomic mass is 10.0. The van der Waals surface area contributed by atoms with Crippen molar-refractivity contribution in [3.05, 3.63) is 70.3 Å². The summed E-state index contributed by atoms with van der Waals surface area (Å²) < 4.78 is 0. The second-order valence-corrected chi connectivity index (χ2v) is 7.20. The van der Waals surface area contributed by atoms with Gasteiger partial charge in [0, 0.05) is 30.3 Å². The fourth-order valence-electron chi connectivity index (χ4n) is 3.26. The molecule has 2 amide bonds. The Labute approximate surface area is 155 Å². The number of nitrogens with one attached hydrogen (secondary N) is 1. The van der Waals surface area contributed by atoms with Gasteiger partial charge in [0.05, 0.1) is 0 Å². The number of rotatable bonds is 3. The van der Waals surface area contributed by atoms with Crippen LogP contribution in [-0.4, -0.2) is 35.8 Å². The molecule has 4 nitrogen and oxygen atoms in total. The van der Waals surface area contributed by atoms with Crippen molar-refractivity contribution in [2.45, 2.75) is 39.7 Å². The van der Waals surface area contributed by atoms with Crippen LogP contribution in [0.2, 0.25) is 0 Å². The molecule has 0 radical (unpaired) electrons. The standard InChI is InChI=1S/C22H26N2O2/c1-15-4-7-18(8-5-15)22(26)24-12-10-20(11-13-24)23-21(25)19-9-6-16(2)17(3)14-19/h4-9,14,20H,10-13H2,1-3H3,(H,23,25). The number of benzene rings is 2. The minimum atomic E-state index is -0.0311. The number of hydrogen-bond acceptors (Lipinski definition) is 2. The summed E-state index contributed by atoms with van der Waals surface area (Å²) in [5.74, 6) is 0.0420. The molecule has 0 bridgehead atoms. The van der Waals surface area contributed by atoms with Crippen molar-refractivity contribution in [1.82, 2.24) is 10.2 Å². The van der Waals surface area contributed by atoms with E-state index in [1.807, 2.05) is 68.1 Å². The highest BCUT2D eigenvalue weighted by Gasteiger charge is 2.24. The van der Waals surface area contributed by atoms with Crippen molar-refractivity contribution >= 4 is 11.8 Å². The normalized spacial score (nSPS) is 15.0. The fourth-order valence-corrected chi connectivity index (χ4v) is 3.26. The molecule has 1 aliphatic rings. The Morgan fingerprint density at radius 3 is 2.12 bits per heavy atom. The topological polar surface area (TPSA) is 49.4 Å². The Kier molecular flexibility index (Phi) is 5.40. The number of likely N-dealkylation sites (tertiary alicyclic amines) is 1. The molecule has 4 heteroatoms. The van der Waals surface area contributed by atoms with E-state index in [1.54, 1.807) is 0 Å². The summed E-state index contributed by atoms with van der Waals surface area (Å²) in [6.07, 6.45) is 1.57. The largest absolute Gasteiger partial charge is 0.349 e. The summed E-state index contributed by atoms with van der Waals surface area (Å²) in [5, 5.41) is 3.11. The van der Waals surface area contributed by atoms with E-state index < -0.39 is 0 Å². The molecule has 0 unspecified atom stereocenters. The smallest absolute Gasteiger partial charge is 0.253 e. The number of hydrogen-bond donors (Lipinski definition) is 1. The van der Waals surface area contributed by atoms with Gasteiger partial charge < -0.3 is 10.2 Å². The molecule has 1 N–H and O–H groups in total. The maximum absolute atomic E-state index is 12.6. The van der Waals surface area contributed by atoms with Crippen molar-refractivity contribution in [1.29, 1.82) is 0 Å². The number of carbonyl (C=O) groups excluding carboxylic acids is 2. The van der Waals surface area contributed by atoms with Crippen molar-refractivity contribution in [3.63, 3.8) is 0 Å². The summed E-state index contributed by atoms with van der Waals surface area (Å²) in [7, 11) is 0. The summed E-state index contributed by atoms with van der Waals surface area (Å²) >= 11 is 0. The Hall–Kier alpha value is -2.62. The molecule has 2 aromatic rings. The number of aryl methyl sites for hydroxylation is 3. The van der Waals surface area contributed by atoms with Crippen molar-refractivity contribution < 1.29 is 9.59 Å². The number of nitrogens with zero attached hydrogens (tertiary/aromatic N) is 1. The van der Waals surface area contributed by atoms with Gasteiger partial charge in [-0.1, -0.05) is 23.8 Å². The van der Waals surface area contributed by atoms with Gasteiger partial charge in [0.1, 0.15) is 0 Å². The number of carbonyl (C=O) groups is 2. The fraction of sp³-hybridized carbons (Fsp3) is 0.364. The van der Waals surface area contributed by atoms with Crippen LogP contribution < -0.4 is 5.32 Å². The van der Waals surface area contributed by atoms with E-state index in [0.717, 1.165) is 29.5 Å². The van der Waals surface area contributed by atoms with Crippen molar-refractivity contribution in [3.8, 4) is 0 Å². The van der Waals surface area contributed by atoms with Crippen LogP contribution in [0.15, 0.2) is 42.5 Å². The van der Waals surface area contributed by atoms with Crippen LogP contribution in [-0.2, 0) is 0 Å². The summed E-state index contributed by atoms with van der Waals surface area (Å²) in [6, 6.07) is 13.6. The van der Waals surface area contributed by atoms with Crippen LogP contribution in [0.1, 0.15) is 50.2 Å². The van der Waals surface area contributed by atoms with Gasteiger partial charge in [0.25, 0.3) is 11.8 Å². The predicted octanol–water partition coefficient (Wildman–Crippen LogP) is 3.65. The minimum absolute atomic E-state index is 0.0311. The third-order valence-corrected chi connectivity index (χ3v) is 5.19. The van der Waals surface area contributed by atoms with Gasteiger partial charge >= 0.3 is 0 Å². The minimum Gasteiger partial charge on any atom is -0.349 e. The first kappa shape index (κ1) is 18.2. The van der Waals surface area contributed by atoms with E-state index >= 15 is 0 Å². The Morgan fingerprint density at radius 2 is 1.50 bits per heavy atom. The Bertz CT molecular complexity index is 803. The zero-order chi connectivity index (χ0) is 18.7. The predicted molar refractivity (Wildman–Crippen MR) is 103 cm³/mol. The van der Waals surface area contributed by atoms with Crippen molar-refractivity contribution in [2.24, 2.45) is 0 Å². The lowest BCUT2D eigenvalue weighted by Gasteiger charge is -2.32. The van der Waals surface area contributed by atoms with Crippen LogP contribution in [0, 0.1) is 20.8 Å². The molecule has 0 aliphatic carbocycles. The summed E-state index contributed by atoms with van der Waals surface area (Å²) in [4.78, 5) is 26.9. The molecule has 0 atom stereocenters. The highest BCUT2D eigenvalue weighted by Crippen LogP contribution is 2.16. The maximum atomic E-state index is 12.6. The van der Waals surface area contributed by atoms with Gasteiger partial charge in [-0.25, -0.2) is 0 Å². The average molecular weight is 350 g/mol. The maximum Gasteiger partial charge on any atom is 0.253 e. The molecule has 1 aliphatic heterocycles. The van der Waals surface area contributed by atoms with Gasteiger partial charge in [0.15, 0.2) is 0 Å². The zero-order valence-electron chi connectivity index (χ0n) is 15.7. The van der Waals surface area contributed by atoms with Crippen molar-refractivity contribution in [2.75, 3.05) is 13.1 Å². The highest BCUT2D eigenvalue weighted by atomic mass is 16.2. The first-order valence-electron chi connectivity index (χ1n) is 9.18. The van der Waals surface area contributed by atoms with Gasteiger partial charge in [0.2, 0.25) is 0 Å². The third kappa shape index (κ3) is 4.13. The molecule has 1 fully saturated rings. The first-order valence-corrected chi connectivity index (χ1v) is 9.18. The molecule has 1 saturated heterocycles. The second-order valence-electron chi connectivity index (χ2n) is 7.20. The molecule has 0 saturated carbocycles. The van der Waals surface area contributed by atoms with Crippen LogP contribution in [0.3, 0.4) is 0 Å². The van der Waals surface area contributed by atoms with Crippen LogP contribution in [0.4, 0.5) is 0 Å². The molecule has 2 aromatic carbocycles. The Morgan fingerprint density at radius 1 is 0.885 bits per heavy atom. The van der Waals surface area contributed by atoms with Gasteiger partial charge in [-0.05, 0) is 69.0 Å². The average Bonchev–Trinajstić information content (AvgIpc) is 2.64. The highest BCUT2D eigenvalue weighted by molar-refractivity contribution is 5.95. The molecule has 1 heterocycles. The zero-order valence-corrected chi connectivity index (χ0v) is 15.7.